The molecular weight excluding hydrogens is 498 g/mol. The Bertz CT molecular complexity index is 1350. The van der Waals surface area contributed by atoms with E-state index >= 15 is 0 Å². The fourth-order valence-electron chi connectivity index (χ4n) is 3.96. The number of rotatable bonds is 10. The molecule has 38 heavy (non-hydrogen) atoms. The second-order valence-corrected chi connectivity index (χ2v) is 11.9. The molecule has 0 aliphatic carbocycles. The van der Waals surface area contributed by atoms with Gasteiger partial charge in [0.2, 0.25) is 11.8 Å². The summed E-state index contributed by atoms with van der Waals surface area (Å²) >= 11 is 0. The number of anilines is 1. The molecule has 0 spiro atoms. The van der Waals surface area contributed by atoms with E-state index in [-0.39, 0.29) is 23.4 Å². The minimum Gasteiger partial charge on any atom is -0.352 e. The maximum Gasteiger partial charge on any atom is 0.264 e. The third kappa shape index (κ3) is 7.22. The van der Waals surface area contributed by atoms with Crippen molar-refractivity contribution in [3.63, 3.8) is 0 Å². The highest BCUT2D eigenvalue weighted by Crippen LogP contribution is 2.25. The molecule has 0 bridgehead atoms. The van der Waals surface area contributed by atoms with Crippen molar-refractivity contribution in [2.45, 2.75) is 65.1 Å². The van der Waals surface area contributed by atoms with Crippen LogP contribution in [0.25, 0.3) is 0 Å². The topological polar surface area (TPSA) is 86.8 Å². The molecule has 2 amide bonds. The first-order valence-corrected chi connectivity index (χ1v) is 14.1. The Labute approximate surface area is 226 Å². The number of nitrogens with one attached hydrogen (secondary N) is 1. The maximum absolute atomic E-state index is 13.9. The molecule has 0 aliphatic rings. The van der Waals surface area contributed by atoms with Gasteiger partial charge >= 0.3 is 0 Å². The molecule has 202 valence electrons. The third-order valence-electron chi connectivity index (χ3n) is 6.28. The van der Waals surface area contributed by atoms with Gasteiger partial charge in [-0.15, -0.1) is 0 Å². The monoisotopic (exact) mass is 535 g/mol. The zero-order chi connectivity index (χ0) is 28.0. The molecule has 0 heterocycles. The summed E-state index contributed by atoms with van der Waals surface area (Å²) in [5.74, 6) is -0.781. The second kappa shape index (κ2) is 12.3. The summed E-state index contributed by atoms with van der Waals surface area (Å²) < 4.78 is 28.7. The lowest BCUT2D eigenvalue weighted by Crippen LogP contribution is -2.52. The number of hydrogen-bond donors (Lipinski definition) is 1. The van der Waals surface area contributed by atoms with Crippen molar-refractivity contribution in [2.75, 3.05) is 10.8 Å². The number of sulfonamides is 1. The first kappa shape index (κ1) is 28.9. The van der Waals surface area contributed by atoms with Crippen LogP contribution in [0.5, 0.6) is 0 Å². The first-order chi connectivity index (χ1) is 17.9. The van der Waals surface area contributed by atoms with Gasteiger partial charge in [-0.25, -0.2) is 8.42 Å². The van der Waals surface area contributed by atoms with Crippen LogP contribution in [-0.2, 0) is 26.2 Å². The van der Waals surface area contributed by atoms with E-state index in [1.165, 1.54) is 4.90 Å². The van der Waals surface area contributed by atoms with Crippen LogP contribution in [0.2, 0.25) is 0 Å². The SMILES string of the molecule is Cc1ccc(CN(C(=O)CN(c2ccc(C)cc2)S(=O)(=O)c2ccc(C)cc2)[C@@H](C)C(=O)NC(C)C)cc1. The van der Waals surface area contributed by atoms with Crippen LogP contribution in [0.3, 0.4) is 0 Å². The lowest BCUT2D eigenvalue weighted by atomic mass is 10.1. The fraction of sp³-hybridized carbons (Fsp3) is 0.333. The van der Waals surface area contributed by atoms with Crippen LogP contribution < -0.4 is 9.62 Å². The van der Waals surface area contributed by atoms with E-state index in [0.29, 0.717) is 5.69 Å². The minimum absolute atomic E-state index is 0.0900. The summed E-state index contributed by atoms with van der Waals surface area (Å²) in [7, 11) is -4.07. The molecule has 0 saturated heterocycles. The average Bonchev–Trinajstić information content (AvgIpc) is 2.87. The first-order valence-electron chi connectivity index (χ1n) is 12.7. The molecule has 3 rings (SSSR count). The van der Waals surface area contributed by atoms with Gasteiger partial charge in [-0.05, 0) is 71.4 Å². The molecule has 0 radical (unpaired) electrons. The van der Waals surface area contributed by atoms with E-state index in [1.807, 2.05) is 58.9 Å². The smallest absolute Gasteiger partial charge is 0.264 e. The van der Waals surface area contributed by atoms with Gasteiger partial charge in [-0.3, -0.25) is 13.9 Å². The molecular formula is C30H37N3O4S. The predicted octanol–water partition coefficient (Wildman–Crippen LogP) is 4.75. The number of hydrogen-bond acceptors (Lipinski definition) is 4. The van der Waals surface area contributed by atoms with E-state index in [2.05, 4.69) is 5.32 Å². The molecule has 8 heteroatoms. The van der Waals surface area contributed by atoms with Gasteiger partial charge < -0.3 is 10.2 Å². The van der Waals surface area contributed by atoms with Crippen LogP contribution >= 0.6 is 0 Å². The molecule has 3 aromatic rings. The van der Waals surface area contributed by atoms with Crippen molar-refractivity contribution in [1.29, 1.82) is 0 Å². The molecule has 0 aliphatic heterocycles. The molecule has 1 atom stereocenters. The van der Waals surface area contributed by atoms with E-state index in [1.54, 1.807) is 55.5 Å². The fourth-order valence-corrected chi connectivity index (χ4v) is 5.37. The number of carbonyl (C=O) groups is 2. The summed E-state index contributed by atoms with van der Waals surface area (Å²) in [5.41, 5.74) is 4.19. The summed E-state index contributed by atoms with van der Waals surface area (Å²) in [6.45, 7) is 10.8. The molecule has 7 nitrogen and oxygen atoms in total. The van der Waals surface area contributed by atoms with Gasteiger partial charge in [0, 0.05) is 12.6 Å². The number of benzene rings is 3. The Balaban J connectivity index is 2.02. The molecule has 0 unspecified atom stereocenters. The quantitative estimate of drug-likeness (QED) is 0.406. The molecule has 0 aromatic heterocycles. The summed E-state index contributed by atoms with van der Waals surface area (Å²) in [6, 6.07) is 20.3. The normalized spacial score (nSPS) is 12.2. The van der Waals surface area contributed by atoms with Gasteiger partial charge in [-0.1, -0.05) is 65.2 Å². The van der Waals surface area contributed by atoms with Crippen molar-refractivity contribution in [1.82, 2.24) is 10.2 Å². The minimum atomic E-state index is -4.07. The van der Waals surface area contributed by atoms with Crippen molar-refractivity contribution < 1.29 is 18.0 Å². The van der Waals surface area contributed by atoms with E-state index < -0.39 is 28.5 Å². The van der Waals surface area contributed by atoms with Crippen LogP contribution in [-0.4, -0.2) is 43.8 Å². The number of nitrogens with zero attached hydrogens (tertiary/aromatic N) is 2. The number of amides is 2. The highest BCUT2D eigenvalue weighted by molar-refractivity contribution is 7.92. The van der Waals surface area contributed by atoms with Crippen LogP contribution in [0.15, 0.2) is 77.7 Å². The highest BCUT2D eigenvalue weighted by Gasteiger charge is 2.32. The predicted molar refractivity (Wildman–Crippen MR) is 151 cm³/mol. The lowest BCUT2D eigenvalue weighted by Gasteiger charge is -2.32. The molecule has 0 fully saturated rings. The lowest BCUT2D eigenvalue weighted by molar-refractivity contribution is -0.139. The zero-order valence-electron chi connectivity index (χ0n) is 22.9. The van der Waals surface area contributed by atoms with Crippen molar-refractivity contribution >= 4 is 27.5 Å². The standard InChI is InChI=1S/C30H37N3O4S/c1-21(2)31-30(35)25(6)32(19-26-13-7-22(3)8-14-26)29(34)20-33(27-15-9-23(4)10-16-27)38(36,37)28-17-11-24(5)12-18-28/h7-18,21,25H,19-20H2,1-6H3,(H,31,35)/t25-/m0/s1. The largest absolute Gasteiger partial charge is 0.352 e. The van der Waals surface area contributed by atoms with Gasteiger partial charge in [0.05, 0.1) is 10.6 Å². The molecule has 0 saturated carbocycles. The van der Waals surface area contributed by atoms with Gasteiger partial charge in [-0.2, -0.15) is 0 Å². The van der Waals surface area contributed by atoms with Crippen LogP contribution in [0, 0.1) is 20.8 Å². The maximum atomic E-state index is 13.9. The van der Waals surface area contributed by atoms with Gasteiger partial charge in [0.25, 0.3) is 10.0 Å². The van der Waals surface area contributed by atoms with Crippen molar-refractivity contribution in [3.05, 3.63) is 95.1 Å². The van der Waals surface area contributed by atoms with E-state index in [0.717, 1.165) is 26.6 Å². The Kier molecular flexibility index (Phi) is 9.33. The van der Waals surface area contributed by atoms with Gasteiger partial charge in [0.15, 0.2) is 0 Å². The van der Waals surface area contributed by atoms with Crippen LogP contribution in [0.1, 0.15) is 43.0 Å². The Morgan fingerprint density at radius 2 is 1.24 bits per heavy atom. The Morgan fingerprint density at radius 3 is 1.74 bits per heavy atom. The highest BCUT2D eigenvalue weighted by atomic mass is 32.2. The van der Waals surface area contributed by atoms with Crippen LogP contribution in [0.4, 0.5) is 5.69 Å². The van der Waals surface area contributed by atoms with Crippen molar-refractivity contribution in [3.8, 4) is 0 Å². The Hall–Kier alpha value is -3.65. The average molecular weight is 536 g/mol. The third-order valence-corrected chi connectivity index (χ3v) is 8.07. The number of aryl methyl sites for hydroxylation is 3. The van der Waals surface area contributed by atoms with Crippen molar-refractivity contribution in [2.24, 2.45) is 0 Å². The zero-order valence-corrected chi connectivity index (χ0v) is 23.7. The summed E-state index contributed by atoms with van der Waals surface area (Å²) in [4.78, 5) is 28.3. The number of carbonyl (C=O) groups excluding carboxylic acids is 2. The molecule has 3 aromatic carbocycles. The Morgan fingerprint density at radius 1 is 0.763 bits per heavy atom. The summed E-state index contributed by atoms with van der Waals surface area (Å²) in [5, 5.41) is 2.86. The molecule has 1 N–H and O–H groups in total. The van der Waals surface area contributed by atoms with Gasteiger partial charge in [0.1, 0.15) is 12.6 Å². The van der Waals surface area contributed by atoms with E-state index in [4.69, 9.17) is 0 Å². The second-order valence-electron chi connectivity index (χ2n) is 10.0. The summed E-state index contributed by atoms with van der Waals surface area (Å²) in [6.07, 6.45) is 0. The van der Waals surface area contributed by atoms with E-state index in [9.17, 15) is 18.0 Å².